The van der Waals surface area contributed by atoms with Crippen LogP contribution in [0.2, 0.25) is 0 Å². The summed E-state index contributed by atoms with van der Waals surface area (Å²) >= 11 is 0. The monoisotopic (exact) mass is 1300 g/mol. The van der Waals surface area contributed by atoms with Crippen LogP contribution in [0.15, 0.2) is 352 Å². The van der Waals surface area contributed by atoms with Gasteiger partial charge in [-0.05, 0) is 232 Å². The maximum absolute atomic E-state index is 5.87. The molecular formula is C97H58BN5. The second-order valence-electron chi connectivity index (χ2n) is 27.7. The van der Waals surface area contributed by atoms with Crippen molar-refractivity contribution in [1.82, 2.24) is 15.0 Å². The summed E-state index contributed by atoms with van der Waals surface area (Å²) in [6.45, 7) is -0.280. The Morgan fingerprint density at radius 1 is 0.184 bits per heavy atom. The third-order valence-electron chi connectivity index (χ3n) is 22.0. The summed E-state index contributed by atoms with van der Waals surface area (Å²) in [7, 11) is 0. The zero-order valence-corrected chi connectivity index (χ0v) is 55.8. The maximum Gasteiger partial charge on any atom is 0.253 e. The van der Waals surface area contributed by atoms with Gasteiger partial charge in [-0.15, -0.1) is 0 Å². The summed E-state index contributed by atoms with van der Waals surface area (Å²) in [5.74, 6) is 1.68. The fraction of sp³-hybridized carbons (Fsp3) is 0. The molecule has 2 aliphatic rings. The van der Waals surface area contributed by atoms with Crippen molar-refractivity contribution in [3.05, 3.63) is 352 Å². The highest BCUT2D eigenvalue weighted by molar-refractivity contribution is 7.03. The van der Waals surface area contributed by atoms with Gasteiger partial charge in [0.1, 0.15) is 0 Å². The zero-order valence-electron chi connectivity index (χ0n) is 55.8. The van der Waals surface area contributed by atoms with E-state index in [1.54, 1.807) is 0 Å². The third-order valence-corrected chi connectivity index (χ3v) is 22.0. The van der Waals surface area contributed by atoms with Gasteiger partial charge in [0.2, 0.25) is 0 Å². The van der Waals surface area contributed by atoms with E-state index in [0.29, 0.717) is 17.5 Å². The fourth-order valence-corrected chi connectivity index (χ4v) is 17.7. The largest absolute Gasteiger partial charge is 0.311 e. The molecule has 20 aromatic rings. The maximum atomic E-state index is 5.87. The van der Waals surface area contributed by atoms with Crippen molar-refractivity contribution in [2.24, 2.45) is 0 Å². The van der Waals surface area contributed by atoms with Crippen LogP contribution >= 0.6 is 0 Å². The van der Waals surface area contributed by atoms with E-state index in [1.165, 1.54) is 103 Å². The molecule has 0 radical (unpaired) electrons. The van der Waals surface area contributed by atoms with Crippen LogP contribution < -0.4 is 26.2 Å². The van der Waals surface area contributed by atoms with Crippen molar-refractivity contribution in [3.63, 3.8) is 0 Å². The Morgan fingerprint density at radius 3 is 0.786 bits per heavy atom. The van der Waals surface area contributed by atoms with Gasteiger partial charge in [-0.25, -0.2) is 15.0 Å². The van der Waals surface area contributed by atoms with Gasteiger partial charge < -0.3 is 9.80 Å². The van der Waals surface area contributed by atoms with Gasteiger partial charge in [0.25, 0.3) is 6.71 Å². The van der Waals surface area contributed by atoms with Gasteiger partial charge in [0.05, 0.1) is 0 Å². The number of benzene rings is 19. The molecule has 103 heavy (non-hydrogen) atoms. The molecule has 0 saturated carbocycles. The smallest absolute Gasteiger partial charge is 0.253 e. The quantitative estimate of drug-likeness (QED) is 0.0819. The van der Waals surface area contributed by atoms with Crippen LogP contribution in [-0.2, 0) is 0 Å². The highest BCUT2D eigenvalue weighted by Crippen LogP contribution is 2.52. The molecule has 1 aromatic heterocycles. The van der Waals surface area contributed by atoms with Gasteiger partial charge in [-0.2, -0.15) is 0 Å². The number of aromatic nitrogens is 3. The third kappa shape index (κ3) is 8.78. The number of para-hydroxylation sites is 2. The minimum atomic E-state index is -0.280. The van der Waals surface area contributed by atoms with Gasteiger partial charge in [0.15, 0.2) is 17.5 Å². The molecule has 0 bridgehead atoms. The van der Waals surface area contributed by atoms with E-state index in [4.69, 9.17) is 15.0 Å². The van der Waals surface area contributed by atoms with Gasteiger partial charge in [-0.1, -0.05) is 267 Å². The lowest BCUT2D eigenvalue weighted by atomic mass is 9.32. The predicted octanol–water partition coefficient (Wildman–Crippen LogP) is 23.7. The predicted molar refractivity (Wildman–Crippen MR) is 434 cm³/mol. The topological polar surface area (TPSA) is 45.2 Å². The van der Waals surface area contributed by atoms with Crippen molar-refractivity contribution in [2.45, 2.75) is 0 Å². The molecule has 0 unspecified atom stereocenters. The summed E-state index contributed by atoms with van der Waals surface area (Å²) < 4.78 is 0. The van der Waals surface area contributed by atoms with E-state index in [0.717, 1.165) is 95.3 Å². The molecule has 0 spiro atoms. The van der Waals surface area contributed by atoms with Crippen molar-refractivity contribution in [2.75, 3.05) is 9.80 Å². The summed E-state index contributed by atoms with van der Waals surface area (Å²) in [5.41, 5.74) is 21.5. The molecule has 3 heterocycles. The Morgan fingerprint density at radius 2 is 0.447 bits per heavy atom. The Labute approximate surface area is 594 Å². The standard InChI is InChI=1S/C97H58BN5/c1-7-25-59(26-8-1)65-49-66(60-27-9-2-10-28-60)52-69(51-65)95-99-96(70-53-67(61-29-11-3-12-30-61)50-68(54-70)62-31-13-4-14-32-62)101-97(100-95)71-55-84-94-85(56-71)103(73-39-17-6-18-40-73)87-58-83-79-44-22-36-64-34-20-42-75(89(64)79)77-46-24-48-81(91(77)83)93(87)98(94)92-80-47-23-45-76-74-41-19-33-63-35-21-43-78(88(63)74)82(90(76)80)57-86(92)102(84)72-37-15-5-16-38-72/h1-58H. The molecule has 0 aliphatic carbocycles. The molecule has 2 aliphatic heterocycles. The number of rotatable bonds is 9. The van der Waals surface area contributed by atoms with Crippen molar-refractivity contribution in [3.8, 4) is 78.7 Å². The number of hydrogen-bond acceptors (Lipinski definition) is 5. The van der Waals surface area contributed by atoms with Gasteiger partial charge >= 0.3 is 0 Å². The van der Waals surface area contributed by atoms with Crippen LogP contribution in [0, 0.1) is 0 Å². The minimum absolute atomic E-state index is 0.280. The van der Waals surface area contributed by atoms with E-state index in [9.17, 15) is 0 Å². The van der Waals surface area contributed by atoms with Crippen LogP contribution in [0.1, 0.15) is 0 Å². The average Bonchev–Trinajstić information content (AvgIpc) is 0.672. The van der Waals surface area contributed by atoms with E-state index >= 15 is 0 Å². The van der Waals surface area contributed by atoms with Crippen molar-refractivity contribution < 1.29 is 0 Å². The highest BCUT2D eigenvalue weighted by Gasteiger charge is 2.46. The molecule has 0 amide bonds. The highest BCUT2D eigenvalue weighted by atomic mass is 15.2. The molecule has 0 atom stereocenters. The molecule has 22 rings (SSSR count). The summed E-state index contributed by atoms with van der Waals surface area (Å²) in [5, 5.41) is 20.1. The van der Waals surface area contributed by atoms with Crippen LogP contribution in [0.25, 0.3) is 165 Å². The Hall–Kier alpha value is -13.5. The van der Waals surface area contributed by atoms with E-state index < -0.39 is 0 Å². The molecule has 6 heteroatoms. The molecule has 5 nitrogen and oxygen atoms in total. The SMILES string of the molecule is c1ccc(-c2cc(-c3ccccc3)cc(-c3nc(-c4cc(-c5ccccc5)cc(-c5ccccc5)c4)nc(-c4cc5c6c(c4)N(c4ccccc4)c4cc7c8cccc9cccc(c%10cccc(c4B6c4c(cc6c%11cccc%12cccc(c%13cccc4c%136)c%12%11)N5c4ccccc4)c%107)c98)n3)c2)cc1. The average molecular weight is 1300 g/mol. The van der Waals surface area contributed by atoms with E-state index in [1.807, 2.05) is 0 Å². The van der Waals surface area contributed by atoms with Crippen molar-refractivity contribution >= 4 is 143 Å². The number of hydrogen-bond donors (Lipinski definition) is 0. The summed E-state index contributed by atoms with van der Waals surface area (Å²) in [4.78, 5) is 22.6. The molecular weight excluding hydrogens is 1250 g/mol. The lowest BCUT2D eigenvalue weighted by Gasteiger charge is -2.45. The van der Waals surface area contributed by atoms with Gasteiger partial charge in [0, 0.05) is 50.8 Å². The number of nitrogens with zero attached hydrogens (tertiary/aromatic N) is 5. The summed E-state index contributed by atoms with van der Waals surface area (Å²) in [6.07, 6.45) is 0. The van der Waals surface area contributed by atoms with Crippen LogP contribution in [0.4, 0.5) is 34.1 Å². The lowest BCUT2D eigenvalue weighted by Crippen LogP contribution is -2.61. The van der Waals surface area contributed by atoms with E-state index in [-0.39, 0.29) is 6.71 Å². The first-order valence-electron chi connectivity index (χ1n) is 35.5. The molecule has 0 N–H and O–H groups in total. The molecule has 474 valence electrons. The number of fused-ring (bicyclic) bond motifs is 10. The van der Waals surface area contributed by atoms with Crippen LogP contribution in [0.3, 0.4) is 0 Å². The van der Waals surface area contributed by atoms with E-state index in [2.05, 4.69) is 362 Å². The minimum Gasteiger partial charge on any atom is -0.311 e. The first kappa shape index (κ1) is 57.4. The first-order chi connectivity index (χ1) is 51.1. The summed E-state index contributed by atoms with van der Waals surface area (Å²) in [6, 6.07) is 130. The molecule has 0 fully saturated rings. The second kappa shape index (κ2) is 22.5. The molecule has 19 aromatic carbocycles. The zero-order chi connectivity index (χ0) is 67.4. The van der Waals surface area contributed by atoms with Gasteiger partial charge in [-0.3, -0.25) is 0 Å². The van der Waals surface area contributed by atoms with Crippen LogP contribution in [-0.4, -0.2) is 21.7 Å². The number of anilines is 6. The second-order valence-corrected chi connectivity index (χ2v) is 27.7. The fourth-order valence-electron chi connectivity index (χ4n) is 17.7. The Bertz CT molecular complexity index is 6320. The van der Waals surface area contributed by atoms with Crippen LogP contribution in [0.5, 0.6) is 0 Å². The normalized spacial score (nSPS) is 12.6. The molecule has 0 saturated heterocycles. The first-order valence-corrected chi connectivity index (χ1v) is 35.5. The Kier molecular flexibility index (Phi) is 12.5. The van der Waals surface area contributed by atoms with Crippen molar-refractivity contribution in [1.29, 1.82) is 0 Å². The lowest BCUT2D eigenvalue weighted by molar-refractivity contribution is 1.07. The Balaban J connectivity index is 0.897.